The Bertz CT molecular complexity index is 890. The molecule has 1 heterocycles. The molecule has 1 saturated heterocycles. The van der Waals surface area contributed by atoms with Crippen LogP contribution in [-0.2, 0) is 20.2 Å². The quantitative estimate of drug-likeness (QED) is 0.868. The van der Waals surface area contributed by atoms with Crippen LogP contribution in [0.25, 0.3) is 0 Å². The van der Waals surface area contributed by atoms with E-state index >= 15 is 0 Å². The maximum absolute atomic E-state index is 13.8. The first-order valence-corrected chi connectivity index (χ1v) is 10.2. The molecular formula is C20H24FNO3S. The summed E-state index contributed by atoms with van der Waals surface area (Å²) in [5.41, 5.74) is 1.94. The predicted octanol–water partition coefficient (Wildman–Crippen LogP) is 3.47. The predicted molar refractivity (Wildman–Crippen MR) is 99.2 cm³/mol. The number of hydrogen-bond acceptors (Lipinski definition) is 3. The van der Waals surface area contributed by atoms with Crippen molar-refractivity contribution >= 4 is 10.0 Å². The number of rotatable bonds is 5. The van der Waals surface area contributed by atoms with Crippen LogP contribution in [0.2, 0.25) is 0 Å². The molecule has 0 aromatic heterocycles. The summed E-state index contributed by atoms with van der Waals surface area (Å²) < 4.78 is 47.7. The van der Waals surface area contributed by atoms with Crippen molar-refractivity contribution in [2.75, 3.05) is 19.8 Å². The molecule has 6 heteroatoms. The van der Waals surface area contributed by atoms with Crippen LogP contribution in [0.1, 0.15) is 29.5 Å². The lowest BCUT2D eigenvalue weighted by molar-refractivity contribution is 0.0516. The van der Waals surface area contributed by atoms with Crippen molar-refractivity contribution < 1.29 is 17.5 Å². The summed E-state index contributed by atoms with van der Waals surface area (Å²) in [6, 6.07) is 11.8. The molecular weight excluding hydrogens is 353 g/mol. The Balaban J connectivity index is 1.90. The minimum absolute atomic E-state index is 0.218. The monoisotopic (exact) mass is 377 g/mol. The molecule has 0 saturated carbocycles. The zero-order valence-electron chi connectivity index (χ0n) is 15.1. The average Bonchev–Trinajstić information content (AvgIpc) is 2.63. The molecule has 0 amide bonds. The molecule has 0 radical (unpaired) electrons. The Morgan fingerprint density at radius 3 is 2.54 bits per heavy atom. The van der Waals surface area contributed by atoms with Crippen molar-refractivity contribution in [2.45, 2.75) is 37.0 Å². The van der Waals surface area contributed by atoms with Crippen LogP contribution >= 0.6 is 0 Å². The topological polar surface area (TPSA) is 55.4 Å². The molecule has 0 unspecified atom stereocenters. The number of ether oxygens (including phenoxy) is 1. The summed E-state index contributed by atoms with van der Waals surface area (Å²) in [5, 5.41) is 0. The van der Waals surface area contributed by atoms with Crippen LogP contribution in [0, 0.1) is 19.7 Å². The van der Waals surface area contributed by atoms with Gasteiger partial charge >= 0.3 is 0 Å². The summed E-state index contributed by atoms with van der Waals surface area (Å²) in [6.45, 7) is 4.93. The zero-order valence-corrected chi connectivity index (χ0v) is 15.9. The third-order valence-electron chi connectivity index (χ3n) is 5.12. The van der Waals surface area contributed by atoms with E-state index in [0.29, 0.717) is 36.5 Å². The van der Waals surface area contributed by atoms with E-state index in [1.165, 1.54) is 12.1 Å². The number of aryl methyl sites for hydroxylation is 2. The van der Waals surface area contributed by atoms with Gasteiger partial charge in [0.2, 0.25) is 10.0 Å². The highest BCUT2D eigenvalue weighted by Gasteiger charge is 2.36. The lowest BCUT2D eigenvalue weighted by Gasteiger charge is -2.38. The standard InChI is InChI=1S/C20H24FNO3S/c1-15-6-7-16(2)19(12-15)26(23,24)22-14-20(8-10-25-11-9-20)17-4-3-5-18(21)13-17/h3-7,12-13,22H,8-11,14H2,1-2H3. The molecule has 0 bridgehead atoms. The van der Waals surface area contributed by atoms with Gasteiger partial charge in [-0.15, -0.1) is 0 Å². The summed E-state index contributed by atoms with van der Waals surface area (Å²) in [4.78, 5) is 0.291. The second-order valence-corrected chi connectivity index (χ2v) is 8.73. The molecule has 3 rings (SSSR count). The highest BCUT2D eigenvalue weighted by Crippen LogP contribution is 2.35. The molecule has 2 aromatic carbocycles. The van der Waals surface area contributed by atoms with Crippen molar-refractivity contribution in [1.82, 2.24) is 4.72 Å². The fourth-order valence-corrected chi connectivity index (χ4v) is 4.91. The van der Waals surface area contributed by atoms with E-state index in [0.717, 1.165) is 11.1 Å². The van der Waals surface area contributed by atoms with Gasteiger partial charge in [0.1, 0.15) is 5.82 Å². The molecule has 4 nitrogen and oxygen atoms in total. The van der Waals surface area contributed by atoms with Crippen LogP contribution in [0.5, 0.6) is 0 Å². The SMILES string of the molecule is Cc1ccc(C)c(S(=O)(=O)NCC2(c3cccc(F)c3)CCOCC2)c1. The number of benzene rings is 2. The summed E-state index contributed by atoms with van der Waals surface area (Å²) in [5.74, 6) is -0.314. The van der Waals surface area contributed by atoms with E-state index in [9.17, 15) is 12.8 Å². The zero-order chi connectivity index (χ0) is 18.8. The van der Waals surface area contributed by atoms with Crippen molar-refractivity contribution in [3.05, 3.63) is 65.0 Å². The van der Waals surface area contributed by atoms with Crippen molar-refractivity contribution in [2.24, 2.45) is 0 Å². The summed E-state index contributed by atoms with van der Waals surface area (Å²) >= 11 is 0. The maximum Gasteiger partial charge on any atom is 0.240 e. The van der Waals surface area contributed by atoms with E-state index < -0.39 is 15.4 Å². The van der Waals surface area contributed by atoms with Gasteiger partial charge in [-0.2, -0.15) is 0 Å². The van der Waals surface area contributed by atoms with Crippen molar-refractivity contribution in [3.8, 4) is 0 Å². The molecule has 1 aliphatic rings. The molecule has 26 heavy (non-hydrogen) atoms. The number of nitrogens with one attached hydrogen (secondary N) is 1. The molecule has 1 fully saturated rings. The molecule has 0 atom stereocenters. The first kappa shape index (κ1) is 19.0. The second-order valence-electron chi connectivity index (χ2n) is 7.00. The van der Waals surface area contributed by atoms with Crippen LogP contribution in [0.4, 0.5) is 4.39 Å². The first-order valence-electron chi connectivity index (χ1n) is 8.73. The molecule has 0 aliphatic carbocycles. The van der Waals surface area contributed by atoms with Gasteiger partial charge in [0.25, 0.3) is 0 Å². The lowest BCUT2D eigenvalue weighted by atomic mass is 9.74. The first-order chi connectivity index (χ1) is 12.3. The molecule has 140 valence electrons. The van der Waals surface area contributed by atoms with Gasteiger partial charge in [-0.25, -0.2) is 17.5 Å². The molecule has 1 aliphatic heterocycles. The van der Waals surface area contributed by atoms with E-state index in [4.69, 9.17) is 4.74 Å². The van der Waals surface area contributed by atoms with Gasteiger partial charge in [-0.1, -0.05) is 24.3 Å². The van der Waals surface area contributed by atoms with Gasteiger partial charge in [0, 0.05) is 25.2 Å². The van der Waals surface area contributed by atoms with E-state index in [2.05, 4.69) is 4.72 Å². The third kappa shape index (κ3) is 3.98. The summed E-state index contributed by atoms with van der Waals surface area (Å²) in [7, 11) is -3.65. The second kappa shape index (κ2) is 7.47. The fraction of sp³-hybridized carbons (Fsp3) is 0.400. The Morgan fingerprint density at radius 1 is 1.12 bits per heavy atom. The van der Waals surface area contributed by atoms with Crippen LogP contribution in [0.3, 0.4) is 0 Å². The van der Waals surface area contributed by atoms with Crippen LogP contribution in [0.15, 0.2) is 47.4 Å². The lowest BCUT2D eigenvalue weighted by Crippen LogP contribution is -2.44. The van der Waals surface area contributed by atoms with E-state index in [1.807, 2.05) is 19.1 Å². The number of halogens is 1. The van der Waals surface area contributed by atoms with E-state index in [-0.39, 0.29) is 12.4 Å². The highest BCUT2D eigenvalue weighted by atomic mass is 32.2. The Kier molecular flexibility index (Phi) is 5.46. The average molecular weight is 377 g/mol. The number of hydrogen-bond donors (Lipinski definition) is 1. The fourth-order valence-electron chi connectivity index (χ4n) is 3.46. The van der Waals surface area contributed by atoms with Crippen molar-refractivity contribution in [3.63, 3.8) is 0 Å². The smallest absolute Gasteiger partial charge is 0.240 e. The van der Waals surface area contributed by atoms with E-state index in [1.54, 1.807) is 25.1 Å². The minimum atomic E-state index is -3.65. The van der Waals surface area contributed by atoms with Gasteiger partial charge in [-0.05, 0) is 61.6 Å². The normalized spacial score (nSPS) is 17.2. The molecule has 0 spiro atoms. The minimum Gasteiger partial charge on any atom is -0.381 e. The largest absolute Gasteiger partial charge is 0.381 e. The Hall–Kier alpha value is -1.76. The summed E-state index contributed by atoms with van der Waals surface area (Å²) in [6.07, 6.45) is 1.29. The van der Waals surface area contributed by atoms with Gasteiger partial charge in [0.15, 0.2) is 0 Å². The Morgan fingerprint density at radius 2 is 1.85 bits per heavy atom. The van der Waals surface area contributed by atoms with Crippen LogP contribution in [-0.4, -0.2) is 28.2 Å². The maximum atomic E-state index is 13.8. The molecule has 2 aromatic rings. The third-order valence-corrected chi connectivity index (χ3v) is 6.66. The Labute approximate surface area is 154 Å². The van der Waals surface area contributed by atoms with Crippen LogP contribution < -0.4 is 4.72 Å². The van der Waals surface area contributed by atoms with Crippen molar-refractivity contribution in [1.29, 1.82) is 0 Å². The van der Waals surface area contributed by atoms with Gasteiger partial charge in [0.05, 0.1) is 4.90 Å². The molecule has 1 N–H and O–H groups in total. The van der Waals surface area contributed by atoms with Gasteiger partial charge < -0.3 is 4.74 Å². The highest BCUT2D eigenvalue weighted by molar-refractivity contribution is 7.89. The number of sulfonamides is 1. The van der Waals surface area contributed by atoms with Gasteiger partial charge in [-0.3, -0.25) is 0 Å².